The summed E-state index contributed by atoms with van der Waals surface area (Å²) < 4.78 is 9.74. The molecule has 1 fully saturated rings. The van der Waals surface area contributed by atoms with E-state index in [0.29, 0.717) is 6.42 Å². The highest BCUT2D eigenvalue weighted by Crippen LogP contribution is 2.28. The van der Waals surface area contributed by atoms with Crippen LogP contribution in [-0.4, -0.2) is 41.0 Å². The zero-order chi connectivity index (χ0) is 17.8. The number of hydrogen-bond donors (Lipinski definition) is 1. The van der Waals surface area contributed by atoms with Gasteiger partial charge in [-0.3, -0.25) is 4.79 Å². The molecule has 1 aliphatic rings. The van der Waals surface area contributed by atoms with E-state index in [1.807, 2.05) is 38.1 Å². The van der Waals surface area contributed by atoms with Gasteiger partial charge in [-0.05, 0) is 44.4 Å². The summed E-state index contributed by atoms with van der Waals surface area (Å²) in [5.74, 6) is 1.69. The topological polar surface area (TPSA) is 67.3 Å². The van der Waals surface area contributed by atoms with Crippen LogP contribution in [0.3, 0.4) is 0 Å². The van der Waals surface area contributed by atoms with Gasteiger partial charge in [0.2, 0.25) is 11.0 Å². The van der Waals surface area contributed by atoms with Gasteiger partial charge in [-0.15, -0.1) is 0 Å². The Hall–Kier alpha value is -2.15. The average Bonchev–Trinajstić information content (AvgIpc) is 3.23. The van der Waals surface area contributed by atoms with E-state index in [9.17, 15) is 4.79 Å². The summed E-state index contributed by atoms with van der Waals surface area (Å²) >= 11 is 1.37. The van der Waals surface area contributed by atoms with Crippen molar-refractivity contribution in [1.29, 1.82) is 0 Å². The lowest BCUT2D eigenvalue weighted by Gasteiger charge is -2.23. The fourth-order valence-electron chi connectivity index (χ4n) is 3.05. The van der Waals surface area contributed by atoms with Crippen molar-refractivity contribution in [2.24, 2.45) is 0 Å². The molecule has 0 radical (unpaired) electrons. The highest BCUT2D eigenvalue weighted by Gasteiger charge is 2.33. The third kappa shape index (κ3) is 4.28. The number of hydrogen-bond acceptors (Lipinski definition) is 6. The van der Waals surface area contributed by atoms with Crippen LogP contribution in [0.2, 0.25) is 0 Å². The van der Waals surface area contributed by atoms with Crippen LogP contribution in [0.5, 0.6) is 5.75 Å². The number of anilines is 1. The van der Waals surface area contributed by atoms with Gasteiger partial charge in [0.05, 0.1) is 7.11 Å². The zero-order valence-electron chi connectivity index (χ0n) is 14.9. The lowest BCUT2D eigenvalue weighted by molar-refractivity contribution is -0.122. The number of benzene rings is 1. The number of aromatic nitrogens is 2. The van der Waals surface area contributed by atoms with E-state index >= 15 is 0 Å². The molecule has 1 aromatic heterocycles. The molecule has 1 unspecified atom stereocenters. The normalized spacial score (nSPS) is 17.1. The summed E-state index contributed by atoms with van der Waals surface area (Å²) in [5.41, 5.74) is 1.11. The van der Waals surface area contributed by atoms with Crippen molar-refractivity contribution >= 4 is 22.6 Å². The van der Waals surface area contributed by atoms with Crippen molar-refractivity contribution in [2.75, 3.05) is 18.6 Å². The molecule has 6 nitrogen and oxygen atoms in total. The average molecular weight is 360 g/mol. The van der Waals surface area contributed by atoms with Crippen molar-refractivity contribution in [3.8, 4) is 5.75 Å². The monoisotopic (exact) mass is 360 g/mol. The maximum Gasteiger partial charge on any atom is 0.242 e. The molecule has 2 aromatic rings. The van der Waals surface area contributed by atoms with E-state index in [1.54, 1.807) is 7.11 Å². The molecule has 134 valence electrons. The Morgan fingerprint density at radius 3 is 3.08 bits per heavy atom. The van der Waals surface area contributed by atoms with Gasteiger partial charge in [0.1, 0.15) is 17.6 Å². The molecule has 1 aliphatic heterocycles. The predicted octanol–water partition coefficient (Wildman–Crippen LogP) is 2.63. The minimum absolute atomic E-state index is 0.0806. The number of nitrogens with one attached hydrogen (secondary N) is 1. The second-order valence-electron chi connectivity index (χ2n) is 6.54. The van der Waals surface area contributed by atoms with Crippen LogP contribution in [0.1, 0.15) is 38.1 Å². The Morgan fingerprint density at radius 2 is 2.32 bits per heavy atom. The molecule has 1 aromatic carbocycles. The molecule has 0 saturated carbocycles. The molecule has 1 amide bonds. The van der Waals surface area contributed by atoms with Crippen LogP contribution in [0.15, 0.2) is 24.3 Å². The van der Waals surface area contributed by atoms with Gasteiger partial charge >= 0.3 is 0 Å². The number of carbonyl (C=O) groups is 1. The van der Waals surface area contributed by atoms with Crippen molar-refractivity contribution in [2.45, 2.75) is 45.2 Å². The largest absolute Gasteiger partial charge is 0.497 e. The highest BCUT2D eigenvalue weighted by atomic mass is 32.1. The van der Waals surface area contributed by atoms with Crippen LogP contribution in [0.25, 0.3) is 0 Å². The Balaban J connectivity index is 1.70. The second-order valence-corrected chi connectivity index (χ2v) is 7.27. The van der Waals surface area contributed by atoms with Crippen LogP contribution < -0.4 is 15.0 Å². The molecule has 1 atom stereocenters. The van der Waals surface area contributed by atoms with Gasteiger partial charge in [0.25, 0.3) is 0 Å². The third-order valence-electron chi connectivity index (χ3n) is 4.19. The van der Waals surface area contributed by atoms with Gasteiger partial charge in [0, 0.05) is 30.5 Å². The summed E-state index contributed by atoms with van der Waals surface area (Å²) in [6, 6.07) is 7.93. The van der Waals surface area contributed by atoms with E-state index in [4.69, 9.17) is 4.74 Å². The summed E-state index contributed by atoms with van der Waals surface area (Å²) in [6.07, 6.45) is 2.52. The van der Waals surface area contributed by atoms with E-state index in [2.05, 4.69) is 19.6 Å². The quantitative estimate of drug-likeness (QED) is 0.858. The first-order chi connectivity index (χ1) is 12.1. The number of ether oxygens (including phenoxy) is 1. The second kappa shape index (κ2) is 7.82. The van der Waals surface area contributed by atoms with Crippen LogP contribution in [-0.2, 0) is 11.2 Å². The van der Waals surface area contributed by atoms with Gasteiger partial charge in [0.15, 0.2) is 0 Å². The first-order valence-electron chi connectivity index (χ1n) is 8.59. The van der Waals surface area contributed by atoms with Crippen molar-refractivity contribution < 1.29 is 9.53 Å². The molecule has 7 heteroatoms. The first-order valence-corrected chi connectivity index (χ1v) is 9.36. The fourth-order valence-corrected chi connectivity index (χ4v) is 3.81. The summed E-state index contributed by atoms with van der Waals surface area (Å²) in [7, 11) is 1.66. The molecule has 0 spiro atoms. The van der Waals surface area contributed by atoms with E-state index in [1.165, 1.54) is 11.5 Å². The Kier molecular flexibility index (Phi) is 5.53. The molecule has 1 N–H and O–H groups in total. The van der Waals surface area contributed by atoms with Gasteiger partial charge < -0.3 is 15.0 Å². The lowest BCUT2D eigenvalue weighted by Crippen LogP contribution is -2.45. The van der Waals surface area contributed by atoms with Gasteiger partial charge in [-0.2, -0.15) is 4.37 Å². The Labute approximate surface area is 152 Å². The molecular weight excluding hydrogens is 336 g/mol. The fraction of sp³-hybridized carbons (Fsp3) is 0.500. The van der Waals surface area contributed by atoms with Crippen LogP contribution in [0, 0.1) is 0 Å². The minimum Gasteiger partial charge on any atom is -0.497 e. The van der Waals surface area contributed by atoms with Crippen molar-refractivity contribution in [3.63, 3.8) is 0 Å². The maximum absolute atomic E-state index is 12.4. The number of rotatable bonds is 6. The standard InChI is InChI=1S/C18H24N4O2S/c1-12(2)19-17(23)15-8-5-9-22(15)18-20-16(21-25-18)11-13-6-4-7-14(10-13)24-3/h4,6-7,10,12,15H,5,8-9,11H2,1-3H3,(H,19,23). The maximum atomic E-state index is 12.4. The summed E-state index contributed by atoms with van der Waals surface area (Å²) in [5, 5.41) is 3.84. The van der Waals surface area contributed by atoms with Crippen molar-refractivity contribution in [1.82, 2.24) is 14.7 Å². The summed E-state index contributed by atoms with van der Waals surface area (Å²) in [6.45, 7) is 4.81. The van der Waals surface area contributed by atoms with E-state index in [0.717, 1.165) is 41.7 Å². The number of nitrogens with zero attached hydrogens (tertiary/aromatic N) is 3. The van der Waals surface area contributed by atoms with Crippen LogP contribution >= 0.6 is 11.5 Å². The molecule has 3 rings (SSSR count). The first kappa shape index (κ1) is 17.7. The van der Waals surface area contributed by atoms with Gasteiger partial charge in [-0.25, -0.2) is 4.98 Å². The lowest BCUT2D eigenvalue weighted by atomic mass is 10.1. The van der Waals surface area contributed by atoms with Crippen LogP contribution in [0.4, 0.5) is 5.13 Å². The Morgan fingerprint density at radius 1 is 1.48 bits per heavy atom. The number of amides is 1. The number of methoxy groups -OCH3 is 1. The zero-order valence-corrected chi connectivity index (χ0v) is 15.7. The molecule has 25 heavy (non-hydrogen) atoms. The van der Waals surface area contributed by atoms with E-state index < -0.39 is 0 Å². The SMILES string of the molecule is COc1cccc(Cc2nsc(N3CCCC3C(=O)NC(C)C)n2)c1. The molecule has 0 bridgehead atoms. The highest BCUT2D eigenvalue weighted by molar-refractivity contribution is 7.09. The minimum atomic E-state index is -0.139. The van der Waals surface area contributed by atoms with Crippen molar-refractivity contribution in [3.05, 3.63) is 35.7 Å². The molecule has 0 aliphatic carbocycles. The van der Waals surface area contributed by atoms with E-state index in [-0.39, 0.29) is 18.0 Å². The number of carbonyl (C=O) groups excluding carboxylic acids is 1. The molecule has 1 saturated heterocycles. The Bertz CT molecular complexity index is 731. The summed E-state index contributed by atoms with van der Waals surface area (Å²) in [4.78, 5) is 19.2. The van der Waals surface area contributed by atoms with Gasteiger partial charge in [-0.1, -0.05) is 12.1 Å². The smallest absolute Gasteiger partial charge is 0.242 e. The molecule has 2 heterocycles. The predicted molar refractivity (Wildman–Crippen MR) is 99.4 cm³/mol. The molecular formula is C18H24N4O2S. The third-order valence-corrected chi connectivity index (χ3v) is 4.98.